The van der Waals surface area contributed by atoms with Crippen molar-refractivity contribution in [1.82, 2.24) is 0 Å². The molecule has 0 saturated heterocycles. The molecule has 0 bridgehead atoms. The second-order valence-corrected chi connectivity index (χ2v) is 9.78. The van der Waals surface area contributed by atoms with Crippen LogP contribution in [0.15, 0.2) is 61.7 Å². The van der Waals surface area contributed by atoms with E-state index in [-0.39, 0.29) is 34.2 Å². The molecule has 0 spiro atoms. The van der Waals surface area contributed by atoms with E-state index in [1.165, 1.54) is 18.2 Å². The maximum absolute atomic E-state index is 13.2. The molecule has 2 atom stereocenters. The maximum Gasteiger partial charge on any atom is 0.338 e. The molecule has 12 heteroatoms. The minimum absolute atomic E-state index is 0.183. The summed E-state index contributed by atoms with van der Waals surface area (Å²) in [5, 5.41) is 22.9. The smallest absolute Gasteiger partial charge is 0.338 e. The fraction of sp³-hybridized carbons (Fsp3) is 0.308. The number of allylic oxidation sites excluding steroid dienone is 1. The van der Waals surface area contributed by atoms with Gasteiger partial charge in [0.25, 0.3) is 11.4 Å². The largest absolute Gasteiger partial charge is 0.461 e. The molecule has 1 saturated carbocycles. The highest BCUT2D eigenvalue weighted by molar-refractivity contribution is 6.42. The first-order valence-electron chi connectivity index (χ1n) is 11.5. The number of carbonyl (C=O) groups excluding carboxylic acids is 2. The topological polar surface area (TPSA) is 139 Å². The van der Waals surface area contributed by atoms with Gasteiger partial charge in [0.05, 0.1) is 37.1 Å². The minimum atomic E-state index is -1.12. The molecule has 2 aromatic carbocycles. The van der Waals surface area contributed by atoms with Crippen molar-refractivity contribution in [2.75, 3.05) is 6.61 Å². The Hall–Kier alpha value is -3.76. The third-order valence-corrected chi connectivity index (χ3v) is 7.43. The Morgan fingerprint density at radius 1 is 0.895 bits per heavy atom. The number of benzene rings is 2. The number of non-ortho nitro benzene ring substituents is 2. The summed E-state index contributed by atoms with van der Waals surface area (Å²) < 4.78 is 11.7. The van der Waals surface area contributed by atoms with Crippen molar-refractivity contribution in [3.05, 3.63) is 103 Å². The summed E-state index contributed by atoms with van der Waals surface area (Å²) in [6, 6.07) is 6.93. The van der Waals surface area contributed by atoms with Gasteiger partial charge >= 0.3 is 11.9 Å². The van der Waals surface area contributed by atoms with Gasteiger partial charge in [0.1, 0.15) is 12.2 Å². The molecule has 0 aromatic heterocycles. The Labute approximate surface area is 228 Å². The van der Waals surface area contributed by atoms with Crippen LogP contribution in [0.25, 0.3) is 0 Å². The van der Waals surface area contributed by atoms with Gasteiger partial charge in [-0.3, -0.25) is 20.2 Å². The zero-order chi connectivity index (χ0) is 28.1. The fourth-order valence-corrected chi connectivity index (χ4v) is 5.15. The second-order valence-electron chi connectivity index (χ2n) is 8.96. The van der Waals surface area contributed by atoms with Crippen molar-refractivity contribution in [1.29, 1.82) is 0 Å². The lowest BCUT2D eigenvalue weighted by atomic mass is 9.70. The van der Waals surface area contributed by atoms with Gasteiger partial charge < -0.3 is 9.47 Å². The van der Waals surface area contributed by atoms with Crippen molar-refractivity contribution in [3.63, 3.8) is 0 Å². The molecule has 38 heavy (non-hydrogen) atoms. The van der Waals surface area contributed by atoms with Crippen LogP contribution in [0.4, 0.5) is 11.4 Å². The van der Waals surface area contributed by atoms with E-state index in [0.717, 1.165) is 18.2 Å². The highest BCUT2D eigenvalue weighted by Crippen LogP contribution is 2.54. The second kappa shape index (κ2) is 11.7. The van der Waals surface area contributed by atoms with E-state index in [1.807, 2.05) is 0 Å². The van der Waals surface area contributed by atoms with E-state index in [0.29, 0.717) is 25.7 Å². The Morgan fingerprint density at radius 2 is 1.53 bits per heavy atom. The van der Waals surface area contributed by atoms with Gasteiger partial charge in [0, 0.05) is 24.0 Å². The molecule has 0 unspecified atom stereocenters. The van der Waals surface area contributed by atoms with Gasteiger partial charge in [-0.25, -0.2) is 9.59 Å². The number of nitro benzene ring substituents is 2. The summed E-state index contributed by atoms with van der Waals surface area (Å²) in [5.41, 5.74) is -3.44. The molecular formula is C26H24Cl2N2O8. The molecule has 0 radical (unpaired) electrons. The van der Waals surface area contributed by atoms with E-state index >= 15 is 0 Å². The van der Waals surface area contributed by atoms with E-state index in [9.17, 15) is 29.8 Å². The van der Waals surface area contributed by atoms with Crippen LogP contribution in [0, 0.1) is 25.6 Å². The van der Waals surface area contributed by atoms with E-state index in [1.54, 1.807) is 12.2 Å². The Kier molecular flexibility index (Phi) is 8.90. The molecule has 1 aliphatic rings. The highest BCUT2D eigenvalue weighted by atomic mass is 35.5. The summed E-state index contributed by atoms with van der Waals surface area (Å²) in [4.78, 5) is 46.9. The predicted octanol–water partition coefficient (Wildman–Crippen LogP) is 6.88. The molecule has 10 nitrogen and oxygen atoms in total. The minimum Gasteiger partial charge on any atom is -0.461 e. The summed E-state index contributed by atoms with van der Waals surface area (Å²) >= 11 is 12.0. The summed E-state index contributed by atoms with van der Waals surface area (Å²) in [5.74, 6) is -1.64. The fourth-order valence-electron chi connectivity index (χ4n) is 4.86. The number of nitrogens with zero attached hydrogens (tertiary/aromatic N) is 2. The molecule has 0 amide bonds. The zero-order valence-corrected chi connectivity index (χ0v) is 21.7. The number of ether oxygens (including phenoxy) is 2. The van der Waals surface area contributed by atoms with Gasteiger partial charge in [-0.2, -0.15) is 0 Å². The molecule has 200 valence electrons. The molecule has 0 aliphatic heterocycles. The van der Waals surface area contributed by atoms with Crippen molar-refractivity contribution >= 4 is 46.5 Å². The first kappa shape index (κ1) is 28.8. The average molecular weight is 563 g/mol. The zero-order valence-electron chi connectivity index (χ0n) is 20.2. The van der Waals surface area contributed by atoms with Crippen molar-refractivity contribution in [3.8, 4) is 0 Å². The van der Waals surface area contributed by atoms with Crippen molar-refractivity contribution in [2.45, 2.75) is 37.7 Å². The molecular weight excluding hydrogens is 539 g/mol. The first-order chi connectivity index (χ1) is 18.0. The monoisotopic (exact) mass is 562 g/mol. The molecule has 1 aliphatic carbocycles. The van der Waals surface area contributed by atoms with Crippen LogP contribution in [-0.4, -0.2) is 34.0 Å². The summed E-state index contributed by atoms with van der Waals surface area (Å²) in [6.45, 7) is 7.38. The van der Waals surface area contributed by atoms with Gasteiger partial charge in [-0.15, -0.1) is 13.2 Å². The lowest BCUT2D eigenvalue weighted by Crippen LogP contribution is -2.50. The number of hydrogen-bond acceptors (Lipinski definition) is 8. The Morgan fingerprint density at radius 3 is 2.08 bits per heavy atom. The van der Waals surface area contributed by atoms with Crippen LogP contribution in [0.1, 0.15) is 52.8 Å². The van der Waals surface area contributed by atoms with E-state index in [4.69, 9.17) is 32.7 Å². The SMILES string of the molecule is C=CC[C@@]1(COC(=O)c2cc([N+](=O)[O-])cc([N+](=O)[O-])c2)CCC[C@@]1(CC=C)OC(=O)c1ccc(Cl)c(Cl)c1. The summed E-state index contributed by atoms with van der Waals surface area (Å²) in [6.07, 6.45) is 5.37. The summed E-state index contributed by atoms with van der Waals surface area (Å²) in [7, 11) is 0. The van der Waals surface area contributed by atoms with Crippen molar-refractivity contribution < 1.29 is 28.9 Å². The Balaban J connectivity index is 1.93. The first-order valence-corrected chi connectivity index (χ1v) is 12.2. The predicted molar refractivity (Wildman–Crippen MR) is 141 cm³/mol. The standard InChI is InChI=1S/C26H24Cl2N2O8/c1-3-8-25(16-37-23(31)18-12-19(29(33)34)15-20(13-18)30(35)36)10-5-11-26(25,9-4-2)38-24(32)17-6-7-21(27)22(28)14-17/h3-4,6-7,12-15H,1-2,5,8-11,16H2/t25-,26+/m0/s1. The molecule has 2 aromatic rings. The van der Waals surface area contributed by atoms with Gasteiger partial charge in [-0.05, 0) is 43.9 Å². The van der Waals surface area contributed by atoms with E-state index < -0.39 is 44.2 Å². The third-order valence-electron chi connectivity index (χ3n) is 6.69. The lowest BCUT2D eigenvalue weighted by Gasteiger charge is -2.44. The molecule has 3 rings (SSSR count). The highest BCUT2D eigenvalue weighted by Gasteiger charge is 2.57. The molecule has 0 N–H and O–H groups in total. The van der Waals surface area contributed by atoms with Gasteiger partial charge in [0.15, 0.2) is 0 Å². The van der Waals surface area contributed by atoms with Gasteiger partial charge in [-0.1, -0.05) is 35.4 Å². The molecule has 1 fully saturated rings. The molecule has 0 heterocycles. The number of rotatable bonds is 11. The number of esters is 2. The lowest BCUT2D eigenvalue weighted by molar-refractivity contribution is -0.394. The number of carbonyl (C=O) groups is 2. The van der Waals surface area contributed by atoms with Gasteiger partial charge in [0.2, 0.25) is 0 Å². The van der Waals surface area contributed by atoms with E-state index in [2.05, 4.69) is 13.2 Å². The number of hydrogen-bond donors (Lipinski definition) is 0. The Bertz CT molecular complexity index is 1280. The quantitative estimate of drug-likeness (QED) is 0.125. The third kappa shape index (κ3) is 5.87. The van der Waals surface area contributed by atoms with Crippen LogP contribution >= 0.6 is 23.2 Å². The average Bonchev–Trinajstić information content (AvgIpc) is 3.21. The normalized spacial score (nSPS) is 20.4. The van der Waals surface area contributed by atoms with Crippen LogP contribution in [0.5, 0.6) is 0 Å². The maximum atomic E-state index is 13.2. The van der Waals surface area contributed by atoms with Crippen LogP contribution in [-0.2, 0) is 9.47 Å². The van der Waals surface area contributed by atoms with Crippen LogP contribution in [0.2, 0.25) is 10.0 Å². The van der Waals surface area contributed by atoms with Crippen LogP contribution < -0.4 is 0 Å². The number of nitro groups is 2. The van der Waals surface area contributed by atoms with Crippen LogP contribution in [0.3, 0.4) is 0 Å². The van der Waals surface area contributed by atoms with Crippen molar-refractivity contribution in [2.24, 2.45) is 5.41 Å². The number of halogens is 2.